The van der Waals surface area contributed by atoms with Gasteiger partial charge in [-0.2, -0.15) is 0 Å². The van der Waals surface area contributed by atoms with Gasteiger partial charge in [-0.05, 0) is 25.7 Å². The molecule has 1 rings (SSSR count). The van der Waals surface area contributed by atoms with Gasteiger partial charge in [0.15, 0.2) is 0 Å². The second kappa shape index (κ2) is 5.01. The maximum absolute atomic E-state index is 5.71. The summed E-state index contributed by atoms with van der Waals surface area (Å²) in [5, 5.41) is 0. The third-order valence-electron chi connectivity index (χ3n) is 2.99. The first-order chi connectivity index (χ1) is 7.06. The normalized spacial score (nSPS) is 14.9. The van der Waals surface area contributed by atoms with E-state index in [1.165, 1.54) is 0 Å². The topological polar surface area (TPSA) is 43.8 Å². The first-order valence-corrected chi connectivity index (χ1v) is 5.50. The van der Waals surface area contributed by atoms with Gasteiger partial charge >= 0.3 is 0 Å². The molecule has 3 nitrogen and oxygen atoms in total. The average molecular weight is 207 g/mol. The van der Waals surface area contributed by atoms with Gasteiger partial charge in [0.2, 0.25) is 0 Å². The number of imidazole rings is 1. The van der Waals surface area contributed by atoms with E-state index in [1.807, 2.05) is 19.3 Å². The van der Waals surface area contributed by atoms with Crippen molar-refractivity contribution in [2.24, 2.45) is 11.7 Å². The van der Waals surface area contributed by atoms with Crippen molar-refractivity contribution < 1.29 is 0 Å². The van der Waals surface area contributed by atoms with E-state index in [4.69, 9.17) is 5.73 Å². The molecule has 0 aliphatic carbocycles. The number of aromatic nitrogens is 2. The van der Waals surface area contributed by atoms with Crippen LogP contribution in [-0.2, 0) is 0 Å². The van der Waals surface area contributed by atoms with Crippen molar-refractivity contribution in [1.29, 1.82) is 0 Å². The number of allylic oxidation sites excluding steroid dienone is 1. The summed E-state index contributed by atoms with van der Waals surface area (Å²) in [5.74, 6) is 1.42. The lowest BCUT2D eigenvalue weighted by Crippen LogP contribution is -2.16. The molecule has 0 bridgehead atoms. The predicted molar refractivity (Wildman–Crippen MR) is 63.4 cm³/mol. The molecule has 0 saturated carbocycles. The van der Waals surface area contributed by atoms with Crippen molar-refractivity contribution >= 4 is 0 Å². The maximum Gasteiger partial charge on any atom is 0.105 e. The van der Waals surface area contributed by atoms with Gasteiger partial charge in [-0.25, -0.2) is 4.98 Å². The molecule has 0 aliphatic rings. The summed E-state index contributed by atoms with van der Waals surface area (Å²) < 4.78 is 2.22. The highest BCUT2D eigenvalue weighted by Crippen LogP contribution is 2.24. The monoisotopic (exact) mass is 207 g/mol. The number of hydrogen-bond acceptors (Lipinski definition) is 2. The highest BCUT2D eigenvalue weighted by Gasteiger charge is 2.15. The van der Waals surface area contributed by atoms with Crippen LogP contribution >= 0.6 is 0 Å². The molecule has 0 fully saturated rings. The first-order valence-electron chi connectivity index (χ1n) is 5.50. The lowest BCUT2D eigenvalue weighted by atomic mass is 9.97. The van der Waals surface area contributed by atoms with Crippen LogP contribution in [0.5, 0.6) is 0 Å². The molecule has 2 unspecified atom stereocenters. The van der Waals surface area contributed by atoms with E-state index in [2.05, 4.69) is 30.0 Å². The molecule has 3 heteroatoms. The Kier molecular flexibility index (Phi) is 3.95. The van der Waals surface area contributed by atoms with Gasteiger partial charge in [-0.3, -0.25) is 0 Å². The summed E-state index contributed by atoms with van der Waals surface area (Å²) in [4.78, 5) is 4.25. The van der Waals surface area contributed by atoms with Gasteiger partial charge in [0, 0.05) is 24.1 Å². The zero-order chi connectivity index (χ0) is 11.4. The molecule has 0 spiro atoms. The van der Waals surface area contributed by atoms with Gasteiger partial charge in [-0.1, -0.05) is 20.4 Å². The van der Waals surface area contributed by atoms with Crippen LogP contribution in [0.25, 0.3) is 0 Å². The highest BCUT2D eigenvalue weighted by atomic mass is 15.1. The molecule has 0 radical (unpaired) electrons. The second-order valence-electron chi connectivity index (χ2n) is 4.16. The van der Waals surface area contributed by atoms with Crippen LogP contribution < -0.4 is 5.73 Å². The van der Waals surface area contributed by atoms with Gasteiger partial charge in [-0.15, -0.1) is 0 Å². The Morgan fingerprint density at radius 2 is 2.33 bits per heavy atom. The number of hydrogen-bond donors (Lipinski definition) is 1. The van der Waals surface area contributed by atoms with Gasteiger partial charge in [0.05, 0.1) is 0 Å². The van der Waals surface area contributed by atoms with Crippen LogP contribution in [0.3, 0.4) is 0 Å². The summed E-state index contributed by atoms with van der Waals surface area (Å²) in [7, 11) is 0. The summed E-state index contributed by atoms with van der Waals surface area (Å²) in [6.07, 6.45) is 6.01. The Labute approximate surface area is 92.0 Å². The lowest BCUT2D eigenvalue weighted by Gasteiger charge is -2.22. The molecule has 0 aliphatic heterocycles. The standard InChI is InChI=1S/C12H21N3/c1-5-12(8-9(2)10(3)13)15-7-6-14-11(15)4/h6-7,9,12H,3,5,8,13H2,1-2,4H3. The van der Waals surface area contributed by atoms with Crippen molar-refractivity contribution in [3.05, 3.63) is 30.5 Å². The number of rotatable bonds is 5. The average Bonchev–Trinajstić information content (AvgIpc) is 2.60. The van der Waals surface area contributed by atoms with E-state index in [0.717, 1.165) is 24.4 Å². The minimum Gasteiger partial charge on any atom is -0.402 e. The third kappa shape index (κ3) is 2.85. The molecular formula is C12H21N3. The molecule has 1 aromatic heterocycles. The van der Waals surface area contributed by atoms with E-state index in [-0.39, 0.29) is 0 Å². The minimum absolute atomic E-state index is 0.358. The molecule has 2 N–H and O–H groups in total. The molecule has 84 valence electrons. The fraction of sp³-hybridized carbons (Fsp3) is 0.583. The number of aryl methyl sites for hydroxylation is 1. The smallest absolute Gasteiger partial charge is 0.105 e. The van der Waals surface area contributed by atoms with Crippen molar-refractivity contribution in [3.8, 4) is 0 Å². The molecule has 15 heavy (non-hydrogen) atoms. The van der Waals surface area contributed by atoms with Gasteiger partial charge < -0.3 is 10.3 Å². The summed E-state index contributed by atoms with van der Waals surface area (Å²) >= 11 is 0. The first kappa shape index (κ1) is 11.8. The van der Waals surface area contributed by atoms with E-state index < -0.39 is 0 Å². The molecule has 0 saturated heterocycles. The number of nitrogens with two attached hydrogens (primary N) is 1. The zero-order valence-electron chi connectivity index (χ0n) is 9.90. The van der Waals surface area contributed by atoms with E-state index in [0.29, 0.717) is 12.0 Å². The Morgan fingerprint density at radius 3 is 2.73 bits per heavy atom. The van der Waals surface area contributed by atoms with E-state index >= 15 is 0 Å². The number of nitrogens with zero attached hydrogens (tertiary/aromatic N) is 2. The van der Waals surface area contributed by atoms with Crippen molar-refractivity contribution in [2.75, 3.05) is 0 Å². The second-order valence-corrected chi connectivity index (χ2v) is 4.16. The largest absolute Gasteiger partial charge is 0.402 e. The molecule has 0 aromatic carbocycles. The van der Waals surface area contributed by atoms with Crippen LogP contribution in [-0.4, -0.2) is 9.55 Å². The van der Waals surface area contributed by atoms with Gasteiger partial charge in [0.25, 0.3) is 0 Å². The van der Waals surface area contributed by atoms with Crippen molar-refractivity contribution in [3.63, 3.8) is 0 Å². The van der Waals surface area contributed by atoms with Crippen LogP contribution in [0.1, 0.15) is 38.6 Å². The van der Waals surface area contributed by atoms with Crippen LogP contribution in [0.2, 0.25) is 0 Å². The van der Waals surface area contributed by atoms with Crippen LogP contribution in [0, 0.1) is 12.8 Å². The Hall–Kier alpha value is -1.25. The van der Waals surface area contributed by atoms with Gasteiger partial charge in [0.1, 0.15) is 5.82 Å². The fourth-order valence-electron chi connectivity index (χ4n) is 1.81. The molecule has 1 heterocycles. The highest BCUT2D eigenvalue weighted by molar-refractivity contribution is 4.97. The van der Waals surface area contributed by atoms with Crippen LogP contribution in [0.15, 0.2) is 24.7 Å². The fourth-order valence-corrected chi connectivity index (χ4v) is 1.81. The Bertz CT molecular complexity index is 327. The zero-order valence-corrected chi connectivity index (χ0v) is 9.90. The maximum atomic E-state index is 5.71. The molecule has 0 amide bonds. The summed E-state index contributed by atoms with van der Waals surface area (Å²) in [6, 6.07) is 0.475. The van der Waals surface area contributed by atoms with Crippen molar-refractivity contribution in [1.82, 2.24) is 9.55 Å². The third-order valence-corrected chi connectivity index (χ3v) is 2.99. The van der Waals surface area contributed by atoms with E-state index in [1.54, 1.807) is 0 Å². The lowest BCUT2D eigenvalue weighted by molar-refractivity contribution is 0.393. The van der Waals surface area contributed by atoms with Crippen LogP contribution in [0.4, 0.5) is 0 Å². The molecular weight excluding hydrogens is 186 g/mol. The van der Waals surface area contributed by atoms with Crippen molar-refractivity contribution in [2.45, 2.75) is 39.7 Å². The Morgan fingerprint density at radius 1 is 1.67 bits per heavy atom. The predicted octanol–water partition coefficient (Wildman–Crippen LogP) is 2.64. The minimum atomic E-state index is 0.358. The summed E-state index contributed by atoms with van der Waals surface area (Å²) in [5.41, 5.74) is 6.48. The quantitative estimate of drug-likeness (QED) is 0.806. The molecule has 1 aromatic rings. The molecule has 2 atom stereocenters. The summed E-state index contributed by atoms with van der Waals surface area (Å²) in [6.45, 7) is 10.1. The van der Waals surface area contributed by atoms with E-state index in [9.17, 15) is 0 Å². The Balaban J connectivity index is 2.73. The SMILES string of the molecule is C=C(N)C(C)CC(CC)n1ccnc1C.